The fraction of sp³-hybridized carbons (Fsp3) is 1.00. The SMILES string of the molecule is CCCCOCCOC(OCCOCCOCCOC)C([O])(OCCOCCOCCOC)OCCOCCOCCOCCOC. The van der Waals surface area contributed by atoms with Crippen molar-refractivity contribution in [2.75, 3.05) is 173 Å². The number of hydrogen-bond donors (Lipinski definition) is 0. The van der Waals surface area contributed by atoms with Crippen LogP contribution < -0.4 is 0 Å². The van der Waals surface area contributed by atoms with E-state index in [1.54, 1.807) is 21.3 Å². The fourth-order valence-corrected chi connectivity index (χ4v) is 3.30. The Labute approximate surface area is 281 Å². The van der Waals surface area contributed by atoms with Gasteiger partial charge in [0, 0.05) is 27.9 Å². The Morgan fingerprint density at radius 3 is 0.979 bits per heavy atom. The van der Waals surface area contributed by atoms with Gasteiger partial charge in [-0.05, 0) is 6.42 Å². The van der Waals surface area contributed by atoms with Gasteiger partial charge in [-0.25, -0.2) is 0 Å². The summed E-state index contributed by atoms with van der Waals surface area (Å²) in [5.41, 5.74) is 0. The topological polar surface area (TPSA) is 158 Å². The fourth-order valence-electron chi connectivity index (χ4n) is 3.30. The highest BCUT2D eigenvalue weighted by Crippen LogP contribution is 2.21. The summed E-state index contributed by atoms with van der Waals surface area (Å²) in [6, 6.07) is 0. The molecule has 0 bridgehead atoms. The molecule has 0 saturated heterocycles. The van der Waals surface area contributed by atoms with E-state index in [9.17, 15) is 5.11 Å². The van der Waals surface area contributed by atoms with Crippen LogP contribution in [0.1, 0.15) is 19.8 Å². The number of methoxy groups -OCH3 is 3. The van der Waals surface area contributed by atoms with E-state index in [1.807, 2.05) is 0 Å². The highest BCUT2D eigenvalue weighted by molar-refractivity contribution is 4.62. The maximum Gasteiger partial charge on any atom is 0.365 e. The third kappa shape index (κ3) is 32.3. The molecule has 2 unspecified atom stereocenters. The molecule has 0 fully saturated rings. The van der Waals surface area contributed by atoms with E-state index in [0.717, 1.165) is 12.8 Å². The molecule has 2 atom stereocenters. The quantitative estimate of drug-likeness (QED) is 0.0668. The van der Waals surface area contributed by atoms with Crippen LogP contribution >= 0.6 is 0 Å². The standard InChI is InChI=1S/C31H63O16/c1-5-6-7-36-22-26-44-30(45-27-23-41-19-15-38-12-9-34-3)31(32,46-28-24-42-20-16-39-13-10-35-4)47-29-25-43-21-18-40-17-14-37-11-8-33-2/h30H,5-29H2,1-4H3. The summed E-state index contributed by atoms with van der Waals surface area (Å²) in [6.07, 6.45) is 0.501. The summed E-state index contributed by atoms with van der Waals surface area (Å²) < 4.78 is 81.4. The molecule has 0 spiro atoms. The Morgan fingerprint density at radius 1 is 0.383 bits per heavy atom. The van der Waals surface area contributed by atoms with Crippen LogP contribution in [0, 0.1) is 0 Å². The van der Waals surface area contributed by atoms with E-state index in [0.29, 0.717) is 99.1 Å². The first kappa shape index (κ1) is 46.4. The van der Waals surface area contributed by atoms with Crippen LogP contribution in [-0.4, -0.2) is 186 Å². The Bertz CT molecular complexity index is 594. The molecule has 0 amide bonds. The second-order valence-corrected chi connectivity index (χ2v) is 9.60. The number of rotatable bonds is 41. The lowest BCUT2D eigenvalue weighted by Crippen LogP contribution is -2.51. The van der Waals surface area contributed by atoms with E-state index < -0.39 is 12.3 Å². The van der Waals surface area contributed by atoms with Crippen LogP contribution in [0.5, 0.6) is 0 Å². The molecule has 1 radical (unpaired) electrons. The molecule has 283 valence electrons. The highest BCUT2D eigenvalue weighted by Gasteiger charge is 2.44. The summed E-state index contributed by atoms with van der Waals surface area (Å²) >= 11 is 0. The molecule has 0 aromatic carbocycles. The molecule has 0 heterocycles. The molecule has 47 heavy (non-hydrogen) atoms. The Hall–Kier alpha value is -0.640. The lowest BCUT2D eigenvalue weighted by molar-refractivity contribution is -0.465. The van der Waals surface area contributed by atoms with Crippen LogP contribution in [-0.2, 0) is 76.2 Å². The second kappa shape index (κ2) is 38.2. The maximum absolute atomic E-state index is 13.9. The molecule has 0 aliphatic rings. The van der Waals surface area contributed by atoms with Crippen molar-refractivity contribution in [1.29, 1.82) is 0 Å². The first-order valence-electron chi connectivity index (χ1n) is 16.4. The van der Waals surface area contributed by atoms with Gasteiger partial charge in [0.2, 0.25) is 6.29 Å². The van der Waals surface area contributed by atoms with Crippen LogP contribution in [0.4, 0.5) is 0 Å². The van der Waals surface area contributed by atoms with Crippen LogP contribution in [0.15, 0.2) is 0 Å². The highest BCUT2D eigenvalue weighted by atomic mass is 16.9. The minimum absolute atomic E-state index is 0.0501. The largest absolute Gasteiger partial charge is 0.382 e. The smallest absolute Gasteiger partial charge is 0.365 e. The van der Waals surface area contributed by atoms with Gasteiger partial charge in [0.25, 0.3) is 0 Å². The molecule has 0 N–H and O–H groups in total. The van der Waals surface area contributed by atoms with Gasteiger partial charge in [-0.15, -0.1) is 0 Å². The van der Waals surface area contributed by atoms with Crippen molar-refractivity contribution in [2.24, 2.45) is 0 Å². The van der Waals surface area contributed by atoms with Crippen LogP contribution in [0.25, 0.3) is 0 Å². The van der Waals surface area contributed by atoms with Crippen LogP contribution in [0.3, 0.4) is 0 Å². The summed E-state index contributed by atoms with van der Waals surface area (Å²) in [7, 11) is 4.83. The van der Waals surface area contributed by atoms with Crippen molar-refractivity contribution in [2.45, 2.75) is 32.0 Å². The average Bonchev–Trinajstić information content (AvgIpc) is 3.07. The zero-order chi connectivity index (χ0) is 34.4. The predicted molar refractivity (Wildman–Crippen MR) is 168 cm³/mol. The molecular weight excluding hydrogens is 628 g/mol. The number of hydrogen-bond acceptors (Lipinski definition) is 15. The molecular formula is C31H63O16. The minimum Gasteiger partial charge on any atom is -0.382 e. The van der Waals surface area contributed by atoms with Crippen molar-refractivity contribution < 1.29 is 76.2 Å². The third-order valence-corrected chi connectivity index (χ3v) is 5.77. The molecule has 0 aliphatic carbocycles. The molecule has 0 aliphatic heterocycles. The number of ether oxygens (including phenoxy) is 15. The van der Waals surface area contributed by atoms with E-state index in [1.165, 1.54) is 0 Å². The van der Waals surface area contributed by atoms with E-state index >= 15 is 0 Å². The summed E-state index contributed by atoms with van der Waals surface area (Å²) in [5, 5.41) is 13.9. The van der Waals surface area contributed by atoms with Gasteiger partial charge in [-0.2, -0.15) is 5.11 Å². The van der Waals surface area contributed by atoms with Gasteiger partial charge < -0.3 is 71.1 Å². The Balaban J connectivity index is 4.87. The normalized spacial score (nSPS) is 13.7. The minimum atomic E-state index is -2.52. The van der Waals surface area contributed by atoms with Crippen molar-refractivity contribution in [3.63, 3.8) is 0 Å². The van der Waals surface area contributed by atoms with E-state index in [-0.39, 0.29) is 52.9 Å². The molecule has 0 aromatic heterocycles. The molecule has 0 saturated carbocycles. The van der Waals surface area contributed by atoms with Gasteiger partial charge >= 0.3 is 5.97 Å². The summed E-state index contributed by atoms with van der Waals surface area (Å²) in [6.45, 7) is 9.43. The lowest BCUT2D eigenvalue weighted by atomic mass is 10.4. The Kier molecular flexibility index (Phi) is 37.6. The maximum atomic E-state index is 13.9. The van der Waals surface area contributed by atoms with E-state index in [2.05, 4.69) is 6.92 Å². The van der Waals surface area contributed by atoms with Gasteiger partial charge in [0.05, 0.1) is 145 Å². The monoisotopic (exact) mass is 691 g/mol. The predicted octanol–water partition coefficient (Wildman–Crippen LogP) is 1.34. The van der Waals surface area contributed by atoms with Crippen LogP contribution in [0.2, 0.25) is 0 Å². The Morgan fingerprint density at radius 2 is 0.660 bits per heavy atom. The molecule has 0 aromatic rings. The van der Waals surface area contributed by atoms with E-state index in [4.69, 9.17) is 71.1 Å². The molecule has 16 heteroatoms. The zero-order valence-corrected chi connectivity index (χ0v) is 29.3. The second-order valence-electron chi connectivity index (χ2n) is 9.60. The first-order valence-corrected chi connectivity index (χ1v) is 16.4. The first-order chi connectivity index (χ1) is 23.1. The average molecular weight is 692 g/mol. The number of unbranched alkanes of at least 4 members (excludes halogenated alkanes) is 1. The van der Waals surface area contributed by atoms with Gasteiger partial charge in [-0.3, -0.25) is 0 Å². The third-order valence-electron chi connectivity index (χ3n) is 5.77. The van der Waals surface area contributed by atoms with Crippen molar-refractivity contribution in [3.8, 4) is 0 Å². The van der Waals surface area contributed by atoms with Crippen molar-refractivity contribution in [3.05, 3.63) is 0 Å². The molecule has 0 rings (SSSR count). The van der Waals surface area contributed by atoms with Crippen molar-refractivity contribution in [1.82, 2.24) is 0 Å². The van der Waals surface area contributed by atoms with Crippen molar-refractivity contribution >= 4 is 0 Å². The molecule has 16 nitrogen and oxygen atoms in total. The lowest BCUT2D eigenvalue weighted by Gasteiger charge is -2.33. The summed E-state index contributed by atoms with van der Waals surface area (Å²) in [5.74, 6) is -2.52. The van der Waals surface area contributed by atoms with Gasteiger partial charge in [-0.1, -0.05) is 13.3 Å². The summed E-state index contributed by atoms with van der Waals surface area (Å²) in [4.78, 5) is 0. The van der Waals surface area contributed by atoms with Gasteiger partial charge in [0.15, 0.2) is 0 Å². The van der Waals surface area contributed by atoms with Gasteiger partial charge in [0.1, 0.15) is 0 Å². The zero-order valence-electron chi connectivity index (χ0n) is 29.3.